The zero-order valence-corrected chi connectivity index (χ0v) is 15.2. The van der Waals surface area contributed by atoms with Crippen LogP contribution in [0.5, 0.6) is 11.6 Å². The predicted molar refractivity (Wildman–Crippen MR) is 101 cm³/mol. The van der Waals surface area contributed by atoms with Gasteiger partial charge in [0.1, 0.15) is 11.6 Å². The van der Waals surface area contributed by atoms with Crippen molar-refractivity contribution in [1.29, 1.82) is 0 Å². The Morgan fingerprint density at radius 1 is 1.08 bits per heavy atom. The Morgan fingerprint density at radius 2 is 1.80 bits per heavy atom. The van der Waals surface area contributed by atoms with E-state index in [0.717, 1.165) is 9.13 Å². The molecule has 2 aromatic carbocycles. The number of aromatic nitrogens is 1. The summed E-state index contributed by atoms with van der Waals surface area (Å²) in [6.45, 7) is 0.354. The number of halogens is 2. The lowest BCUT2D eigenvalue weighted by Gasteiger charge is -2.08. The summed E-state index contributed by atoms with van der Waals surface area (Å²) in [6.07, 6.45) is 1.60. The maximum Gasteiger partial charge on any atom is 0.251 e. The number of nitrogens with zero attached hydrogens (tertiary/aromatic N) is 1. The minimum Gasteiger partial charge on any atom is -0.439 e. The van der Waals surface area contributed by atoms with Gasteiger partial charge in [-0.15, -0.1) is 0 Å². The van der Waals surface area contributed by atoms with Gasteiger partial charge in [-0.05, 0) is 82.8 Å². The van der Waals surface area contributed by atoms with Gasteiger partial charge in [-0.2, -0.15) is 0 Å². The van der Waals surface area contributed by atoms with Gasteiger partial charge in [0, 0.05) is 27.9 Å². The molecule has 0 saturated carbocycles. The molecule has 126 valence electrons. The molecule has 0 saturated heterocycles. The van der Waals surface area contributed by atoms with E-state index < -0.39 is 0 Å². The molecule has 1 N–H and O–H groups in total. The lowest BCUT2D eigenvalue weighted by atomic mass is 10.2. The number of nitrogens with one attached hydrogen (secondary N) is 1. The van der Waals surface area contributed by atoms with Crippen LogP contribution in [0.2, 0.25) is 0 Å². The molecule has 0 aliphatic rings. The molecule has 0 spiro atoms. The molecule has 25 heavy (non-hydrogen) atoms. The second-order valence-corrected chi connectivity index (χ2v) is 6.49. The predicted octanol–water partition coefficient (Wildman–Crippen LogP) is 4.55. The SMILES string of the molecule is O=C(NCc1ccnc(Oc2ccc(F)cc2)c1)c1ccc(I)cc1. The molecule has 0 bridgehead atoms. The van der Waals surface area contributed by atoms with E-state index in [4.69, 9.17) is 4.74 Å². The number of rotatable bonds is 5. The van der Waals surface area contributed by atoms with Gasteiger partial charge in [-0.1, -0.05) is 0 Å². The summed E-state index contributed by atoms with van der Waals surface area (Å²) in [6, 6.07) is 16.6. The average molecular weight is 448 g/mol. The zero-order valence-electron chi connectivity index (χ0n) is 13.1. The van der Waals surface area contributed by atoms with Crippen molar-refractivity contribution in [2.75, 3.05) is 0 Å². The fourth-order valence-corrected chi connectivity index (χ4v) is 2.48. The molecule has 0 atom stereocenters. The standard InChI is InChI=1S/C19H14FIN2O2/c20-15-3-7-17(8-4-15)25-18-11-13(9-10-22-18)12-23-19(24)14-1-5-16(21)6-2-14/h1-11H,12H2,(H,23,24). The van der Waals surface area contributed by atoms with Crippen LogP contribution in [-0.2, 0) is 6.54 Å². The van der Waals surface area contributed by atoms with E-state index in [9.17, 15) is 9.18 Å². The van der Waals surface area contributed by atoms with E-state index in [1.165, 1.54) is 24.3 Å². The van der Waals surface area contributed by atoms with Crippen molar-refractivity contribution in [3.63, 3.8) is 0 Å². The van der Waals surface area contributed by atoms with Gasteiger partial charge in [0.05, 0.1) is 0 Å². The summed E-state index contributed by atoms with van der Waals surface area (Å²) in [5.41, 5.74) is 1.46. The summed E-state index contributed by atoms with van der Waals surface area (Å²) in [5, 5.41) is 2.86. The average Bonchev–Trinajstić information content (AvgIpc) is 2.63. The molecule has 1 heterocycles. The van der Waals surface area contributed by atoms with Crippen molar-refractivity contribution in [2.24, 2.45) is 0 Å². The van der Waals surface area contributed by atoms with Crippen molar-refractivity contribution in [1.82, 2.24) is 10.3 Å². The van der Waals surface area contributed by atoms with Crippen LogP contribution in [0.1, 0.15) is 15.9 Å². The fourth-order valence-electron chi connectivity index (χ4n) is 2.13. The number of hydrogen-bond acceptors (Lipinski definition) is 3. The summed E-state index contributed by atoms with van der Waals surface area (Å²) in [7, 11) is 0. The van der Waals surface area contributed by atoms with Crippen LogP contribution in [-0.4, -0.2) is 10.9 Å². The molecule has 1 aromatic heterocycles. The maximum atomic E-state index is 12.9. The first kappa shape index (κ1) is 17.3. The highest BCUT2D eigenvalue weighted by Gasteiger charge is 2.06. The van der Waals surface area contributed by atoms with Crippen molar-refractivity contribution >= 4 is 28.5 Å². The van der Waals surface area contributed by atoms with Crippen LogP contribution in [0.15, 0.2) is 66.9 Å². The number of carbonyl (C=O) groups is 1. The Kier molecular flexibility index (Phi) is 5.60. The quantitative estimate of drug-likeness (QED) is 0.583. The summed E-state index contributed by atoms with van der Waals surface area (Å²) in [4.78, 5) is 16.3. The number of hydrogen-bond donors (Lipinski definition) is 1. The first-order valence-electron chi connectivity index (χ1n) is 7.52. The Morgan fingerprint density at radius 3 is 2.52 bits per heavy atom. The summed E-state index contributed by atoms with van der Waals surface area (Å²) >= 11 is 2.19. The van der Waals surface area contributed by atoms with E-state index in [1.54, 1.807) is 30.5 Å². The molecular weight excluding hydrogens is 434 g/mol. The monoisotopic (exact) mass is 448 g/mol. The summed E-state index contributed by atoms with van der Waals surface area (Å²) < 4.78 is 19.6. The molecular formula is C19H14FIN2O2. The van der Waals surface area contributed by atoms with Crippen LogP contribution in [0, 0.1) is 9.39 Å². The Balaban J connectivity index is 1.62. The molecule has 3 rings (SSSR count). The van der Waals surface area contributed by atoms with Crippen molar-refractivity contribution in [3.05, 3.63) is 87.4 Å². The third-order valence-corrected chi connectivity index (χ3v) is 4.11. The number of benzene rings is 2. The van der Waals surface area contributed by atoms with E-state index in [2.05, 4.69) is 32.9 Å². The second kappa shape index (κ2) is 8.06. The largest absolute Gasteiger partial charge is 0.439 e. The van der Waals surface area contributed by atoms with Gasteiger partial charge in [-0.25, -0.2) is 9.37 Å². The first-order valence-corrected chi connectivity index (χ1v) is 8.60. The Hall–Kier alpha value is -2.48. The number of pyridine rings is 1. The van der Waals surface area contributed by atoms with Crippen LogP contribution < -0.4 is 10.1 Å². The molecule has 0 aliphatic carbocycles. The summed E-state index contributed by atoms with van der Waals surface area (Å²) in [5.74, 6) is 0.406. The lowest BCUT2D eigenvalue weighted by molar-refractivity contribution is 0.0951. The second-order valence-electron chi connectivity index (χ2n) is 5.25. The number of amides is 1. The van der Waals surface area contributed by atoms with Gasteiger partial charge in [0.25, 0.3) is 5.91 Å². The topological polar surface area (TPSA) is 51.2 Å². The van der Waals surface area contributed by atoms with Gasteiger partial charge in [0.2, 0.25) is 5.88 Å². The van der Waals surface area contributed by atoms with Gasteiger partial charge in [0.15, 0.2) is 0 Å². The van der Waals surface area contributed by atoms with Crippen LogP contribution in [0.3, 0.4) is 0 Å². The third kappa shape index (κ3) is 4.99. The molecule has 1 amide bonds. The molecule has 4 nitrogen and oxygen atoms in total. The van der Waals surface area contributed by atoms with Crippen molar-refractivity contribution in [3.8, 4) is 11.6 Å². The fraction of sp³-hybridized carbons (Fsp3) is 0.0526. The Bertz CT molecular complexity index is 867. The van der Waals surface area contributed by atoms with Crippen LogP contribution in [0.4, 0.5) is 4.39 Å². The minimum absolute atomic E-state index is 0.144. The minimum atomic E-state index is -0.327. The van der Waals surface area contributed by atoms with Gasteiger partial charge < -0.3 is 10.1 Å². The van der Waals surface area contributed by atoms with Crippen molar-refractivity contribution in [2.45, 2.75) is 6.54 Å². The maximum absolute atomic E-state index is 12.9. The Labute approximate surface area is 158 Å². The molecule has 0 fully saturated rings. The number of ether oxygens (including phenoxy) is 1. The molecule has 0 unspecified atom stereocenters. The van der Waals surface area contributed by atoms with Crippen molar-refractivity contribution < 1.29 is 13.9 Å². The van der Waals surface area contributed by atoms with Crippen LogP contribution in [0.25, 0.3) is 0 Å². The highest BCUT2D eigenvalue weighted by atomic mass is 127. The van der Waals surface area contributed by atoms with Gasteiger partial charge in [-0.3, -0.25) is 4.79 Å². The smallest absolute Gasteiger partial charge is 0.251 e. The normalized spacial score (nSPS) is 10.3. The highest BCUT2D eigenvalue weighted by molar-refractivity contribution is 14.1. The van der Waals surface area contributed by atoms with Gasteiger partial charge >= 0.3 is 0 Å². The van der Waals surface area contributed by atoms with Crippen LogP contribution >= 0.6 is 22.6 Å². The molecule has 3 aromatic rings. The van der Waals surface area contributed by atoms with E-state index in [-0.39, 0.29) is 11.7 Å². The zero-order chi connectivity index (χ0) is 17.6. The first-order chi connectivity index (χ1) is 12.1. The van der Waals surface area contributed by atoms with E-state index >= 15 is 0 Å². The highest BCUT2D eigenvalue weighted by Crippen LogP contribution is 2.20. The number of carbonyl (C=O) groups excluding carboxylic acids is 1. The molecule has 6 heteroatoms. The van der Waals surface area contributed by atoms with E-state index in [0.29, 0.717) is 23.7 Å². The molecule has 0 aliphatic heterocycles. The van der Waals surface area contributed by atoms with E-state index in [1.807, 2.05) is 12.1 Å². The lowest BCUT2D eigenvalue weighted by Crippen LogP contribution is -2.22. The molecule has 0 radical (unpaired) electrons. The third-order valence-electron chi connectivity index (χ3n) is 3.39.